The quantitative estimate of drug-likeness (QED) is 0.825. The van der Waals surface area contributed by atoms with E-state index in [0.717, 1.165) is 18.2 Å². The molecule has 0 amide bonds. The molecule has 1 aliphatic rings. The van der Waals surface area contributed by atoms with Gasteiger partial charge in [0, 0.05) is 11.7 Å². The van der Waals surface area contributed by atoms with Crippen LogP contribution in [0.25, 0.3) is 0 Å². The fourth-order valence-corrected chi connectivity index (χ4v) is 2.84. The molecule has 0 spiro atoms. The molecule has 3 nitrogen and oxygen atoms in total. The minimum Gasteiger partial charge on any atom is -0.399 e. The third-order valence-corrected chi connectivity index (χ3v) is 4.27. The highest BCUT2D eigenvalue weighted by atomic mass is 15.2. The van der Waals surface area contributed by atoms with Gasteiger partial charge in [0.25, 0.3) is 0 Å². The van der Waals surface area contributed by atoms with Gasteiger partial charge in [-0.3, -0.25) is 0 Å². The van der Waals surface area contributed by atoms with Crippen molar-refractivity contribution in [1.82, 2.24) is 9.80 Å². The predicted molar refractivity (Wildman–Crippen MR) is 82.3 cm³/mol. The van der Waals surface area contributed by atoms with E-state index in [9.17, 15) is 0 Å². The van der Waals surface area contributed by atoms with E-state index in [1.165, 1.54) is 44.5 Å². The van der Waals surface area contributed by atoms with E-state index in [-0.39, 0.29) is 0 Å². The Hall–Kier alpha value is -1.06. The van der Waals surface area contributed by atoms with E-state index in [1.807, 2.05) is 12.1 Å². The number of anilines is 1. The van der Waals surface area contributed by atoms with Crippen molar-refractivity contribution < 1.29 is 0 Å². The van der Waals surface area contributed by atoms with Crippen molar-refractivity contribution in [2.75, 3.05) is 39.5 Å². The van der Waals surface area contributed by atoms with Gasteiger partial charge in [-0.1, -0.05) is 12.1 Å². The molecule has 0 saturated carbocycles. The SMILES string of the molecule is CN1CCC(N(C)CCCc2ccc(N)cc2)CC1. The van der Waals surface area contributed by atoms with Crippen LogP contribution in [0.2, 0.25) is 0 Å². The lowest BCUT2D eigenvalue weighted by Gasteiger charge is -2.35. The van der Waals surface area contributed by atoms with Gasteiger partial charge in [-0.15, -0.1) is 0 Å². The van der Waals surface area contributed by atoms with Crippen LogP contribution in [-0.2, 0) is 6.42 Å². The Bertz CT molecular complexity index is 366. The molecule has 0 radical (unpaired) electrons. The van der Waals surface area contributed by atoms with Crippen LogP contribution in [0.15, 0.2) is 24.3 Å². The Morgan fingerprint density at radius 1 is 1.21 bits per heavy atom. The predicted octanol–water partition coefficient (Wildman–Crippen LogP) is 2.23. The van der Waals surface area contributed by atoms with Gasteiger partial charge < -0.3 is 15.5 Å². The monoisotopic (exact) mass is 261 g/mol. The van der Waals surface area contributed by atoms with Gasteiger partial charge in [0.2, 0.25) is 0 Å². The average Bonchev–Trinajstić information content (AvgIpc) is 2.41. The minimum absolute atomic E-state index is 0.780. The standard InChI is InChI=1S/C16H27N3/c1-18-12-9-16(10-13-18)19(2)11-3-4-14-5-7-15(17)8-6-14/h5-8,16H,3-4,9-13,17H2,1-2H3. The van der Waals surface area contributed by atoms with Gasteiger partial charge in [0.05, 0.1) is 0 Å². The number of likely N-dealkylation sites (tertiary alicyclic amines) is 1. The lowest BCUT2D eigenvalue weighted by molar-refractivity contribution is 0.143. The maximum atomic E-state index is 5.70. The van der Waals surface area contributed by atoms with Crippen molar-refractivity contribution in [3.05, 3.63) is 29.8 Å². The van der Waals surface area contributed by atoms with Gasteiger partial charge in [0.15, 0.2) is 0 Å². The molecule has 1 aromatic rings. The number of rotatable bonds is 5. The fourth-order valence-electron chi connectivity index (χ4n) is 2.84. The first-order chi connectivity index (χ1) is 9.15. The third kappa shape index (κ3) is 4.51. The first-order valence-corrected chi connectivity index (χ1v) is 7.38. The highest BCUT2D eigenvalue weighted by Crippen LogP contribution is 2.15. The Balaban J connectivity index is 1.69. The lowest BCUT2D eigenvalue weighted by Crippen LogP contribution is -2.42. The summed E-state index contributed by atoms with van der Waals surface area (Å²) in [6.07, 6.45) is 5.01. The van der Waals surface area contributed by atoms with Crippen molar-refractivity contribution in [3.63, 3.8) is 0 Å². The van der Waals surface area contributed by atoms with Crippen molar-refractivity contribution in [1.29, 1.82) is 0 Å². The van der Waals surface area contributed by atoms with Crippen molar-refractivity contribution in [2.24, 2.45) is 0 Å². The highest BCUT2D eigenvalue weighted by molar-refractivity contribution is 5.39. The molecule has 106 valence electrons. The number of aryl methyl sites for hydroxylation is 1. The van der Waals surface area contributed by atoms with E-state index in [1.54, 1.807) is 0 Å². The zero-order valence-corrected chi connectivity index (χ0v) is 12.3. The smallest absolute Gasteiger partial charge is 0.0314 e. The molecule has 1 saturated heterocycles. The van der Waals surface area contributed by atoms with Crippen LogP contribution in [0.1, 0.15) is 24.8 Å². The highest BCUT2D eigenvalue weighted by Gasteiger charge is 2.19. The Kier molecular flexibility index (Phi) is 5.23. The molecular weight excluding hydrogens is 234 g/mol. The van der Waals surface area contributed by atoms with Crippen LogP contribution in [0.3, 0.4) is 0 Å². The maximum absolute atomic E-state index is 5.70. The van der Waals surface area contributed by atoms with Crippen LogP contribution in [0.4, 0.5) is 5.69 Å². The summed E-state index contributed by atoms with van der Waals surface area (Å²) in [5, 5.41) is 0. The number of benzene rings is 1. The molecule has 3 heteroatoms. The van der Waals surface area contributed by atoms with Crippen LogP contribution < -0.4 is 5.73 Å². The Morgan fingerprint density at radius 2 is 1.84 bits per heavy atom. The van der Waals surface area contributed by atoms with Crippen molar-refractivity contribution in [3.8, 4) is 0 Å². The van der Waals surface area contributed by atoms with E-state index in [4.69, 9.17) is 5.73 Å². The number of nitrogens with zero attached hydrogens (tertiary/aromatic N) is 2. The molecule has 0 atom stereocenters. The molecule has 0 bridgehead atoms. The van der Waals surface area contributed by atoms with Crippen LogP contribution >= 0.6 is 0 Å². The molecule has 0 aromatic heterocycles. The largest absolute Gasteiger partial charge is 0.399 e. The number of hydrogen-bond acceptors (Lipinski definition) is 3. The average molecular weight is 261 g/mol. The summed E-state index contributed by atoms with van der Waals surface area (Å²) < 4.78 is 0. The van der Waals surface area contributed by atoms with Crippen LogP contribution in [-0.4, -0.2) is 49.6 Å². The second-order valence-electron chi connectivity index (χ2n) is 5.86. The zero-order valence-electron chi connectivity index (χ0n) is 12.3. The molecule has 1 heterocycles. The number of hydrogen-bond donors (Lipinski definition) is 1. The summed E-state index contributed by atoms with van der Waals surface area (Å²) in [4.78, 5) is 4.98. The van der Waals surface area contributed by atoms with Gasteiger partial charge in [-0.2, -0.15) is 0 Å². The lowest BCUT2D eigenvalue weighted by atomic mass is 10.0. The van der Waals surface area contributed by atoms with Crippen molar-refractivity contribution in [2.45, 2.75) is 31.7 Å². The molecule has 1 aromatic carbocycles. The van der Waals surface area contributed by atoms with Crippen molar-refractivity contribution >= 4 is 5.69 Å². The molecule has 0 unspecified atom stereocenters. The summed E-state index contributed by atoms with van der Waals surface area (Å²) >= 11 is 0. The molecule has 2 N–H and O–H groups in total. The van der Waals surface area contributed by atoms with Gasteiger partial charge >= 0.3 is 0 Å². The molecule has 0 aliphatic carbocycles. The van der Waals surface area contributed by atoms with Gasteiger partial charge in [-0.05, 0) is 77.1 Å². The normalized spacial score (nSPS) is 18.1. The van der Waals surface area contributed by atoms with Gasteiger partial charge in [0.1, 0.15) is 0 Å². The summed E-state index contributed by atoms with van der Waals surface area (Å²) in [6.45, 7) is 3.68. The van der Waals surface area contributed by atoms with Crippen LogP contribution in [0, 0.1) is 0 Å². The molecule has 2 rings (SSSR count). The second-order valence-corrected chi connectivity index (χ2v) is 5.86. The van der Waals surface area contributed by atoms with E-state index < -0.39 is 0 Å². The molecular formula is C16H27N3. The molecule has 19 heavy (non-hydrogen) atoms. The molecule has 1 fully saturated rings. The Labute approximate surface area is 117 Å². The van der Waals surface area contributed by atoms with Crippen LogP contribution in [0.5, 0.6) is 0 Å². The first kappa shape index (κ1) is 14.4. The summed E-state index contributed by atoms with van der Waals surface area (Å²) in [5.74, 6) is 0. The zero-order chi connectivity index (χ0) is 13.7. The minimum atomic E-state index is 0.780. The van der Waals surface area contributed by atoms with E-state index in [0.29, 0.717) is 0 Å². The number of nitrogen functional groups attached to an aromatic ring is 1. The first-order valence-electron chi connectivity index (χ1n) is 7.38. The second kappa shape index (κ2) is 6.92. The fraction of sp³-hybridized carbons (Fsp3) is 0.625. The molecule has 1 aliphatic heterocycles. The van der Waals surface area contributed by atoms with E-state index >= 15 is 0 Å². The summed E-state index contributed by atoms with van der Waals surface area (Å²) in [7, 11) is 4.50. The van der Waals surface area contributed by atoms with Gasteiger partial charge in [-0.25, -0.2) is 0 Å². The maximum Gasteiger partial charge on any atom is 0.0314 e. The third-order valence-electron chi connectivity index (χ3n) is 4.27. The van der Waals surface area contributed by atoms with E-state index in [2.05, 4.69) is 36.0 Å². The topological polar surface area (TPSA) is 32.5 Å². The summed E-state index contributed by atoms with van der Waals surface area (Å²) in [5.41, 5.74) is 7.95. The summed E-state index contributed by atoms with van der Waals surface area (Å²) in [6, 6.07) is 9.06. The Morgan fingerprint density at radius 3 is 2.47 bits per heavy atom. The number of nitrogens with two attached hydrogens (primary N) is 1. The number of piperidine rings is 1.